The van der Waals surface area contributed by atoms with Gasteiger partial charge in [0.1, 0.15) is 5.76 Å². The molecular formula is C18H28O3. The normalized spacial score (nSPS) is 38.7. The lowest BCUT2D eigenvalue weighted by molar-refractivity contribution is -0.141. The zero-order chi connectivity index (χ0) is 15.0. The standard InChI is InChI=1S/C18H28O3/c1-11-12(2)16-9-13(11)8-14(16)10-21-18(19)15-6-4-5-7-17(15)20-3/h11-14,16H,4-10H2,1-3H3. The van der Waals surface area contributed by atoms with Crippen molar-refractivity contribution in [2.75, 3.05) is 13.7 Å². The summed E-state index contributed by atoms with van der Waals surface area (Å²) in [4.78, 5) is 12.3. The number of allylic oxidation sites excluding steroid dienone is 1. The highest BCUT2D eigenvalue weighted by Gasteiger charge is 2.48. The summed E-state index contributed by atoms with van der Waals surface area (Å²) in [5.41, 5.74) is 0.785. The average molecular weight is 292 g/mol. The number of carbonyl (C=O) groups is 1. The number of fused-ring (bicyclic) bond motifs is 2. The van der Waals surface area contributed by atoms with E-state index in [4.69, 9.17) is 9.47 Å². The van der Waals surface area contributed by atoms with Crippen molar-refractivity contribution in [2.45, 2.75) is 52.4 Å². The predicted molar refractivity (Wildman–Crippen MR) is 81.5 cm³/mol. The van der Waals surface area contributed by atoms with E-state index in [2.05, 4.69) is 13.8 Å². The van der Waals surface area contributed by atoms with Gasteiger partial charge in [0.05, 0.1) is 19.3 Å². The Labute approximate surface area is 128 Å². The molecule has 5 unspecified atom stereocenters. The summed E-state index contributed by atoms with van der Waals surface area (Å²) in [5, 5.41) is 0. The predicted octanol–water partition coefficient (Wildman–Crippen LogP) is 3.93. The number of esters is 1. The number of methoxy groups -OCH3 is 1. The lowest BCUT2D eigenvalue weighted by Crippen LogP contribution is -2.28. The van der Waals surface area contributed by atoms with Crippen LogP contribution < -0.4 is 0 Å². The molecule has 0 aromatic heterocycles. The van der Waals surface area contributed by atoms with Crippen LogP contribution in [0.25, 0.3) is 0 Å². The second-order valence-electron chi connectivity index (χ2n) is 7.29. The van der Waals surface area contributed by atoms with E-state index >= 15 is 0 Å². The van der Waals surface area contributed by atoms with E-state index in [1.807, 2.05) is 0 Å². The summed E-state index contributed by atoms with van der Waals surface area (Å²) in [6.07, 6.45) is 6.47. The van der Waals surface area contributed by atoms with Gasteiger partial charge in [0.25, 0.3) is 0 Å². The Balaban J connectivity index is 1.56. The van der Waals surface area contributed by atoms with Crippen LogP contribution in [0.2, 0.25) is 0 Å². The third kappa shape index (κ3) is 2.72. The number of rotatable bonds is 4. The Bertz CT molecular complexity index is 438. The van der Waals surface area contributed by atoms with Gasteiger partial charge in [-0.25, -0.2) is 4.79 Å². The first-order chi connectivity index (χ1) is 10.1. The molecule has 0 aromatic rings. The van der Waals surface area contributed by atoms with Gasteiger partial charge < -0.3 is 9.47 Å². The van der Waals surface area contributed by atoms with Crippen molar-refractivity contribution in [2.24, 2.45) is 29.6 Å². The van der Waals surface area contributed by atoms with Crippen LogP contribution in [0.3, 0.4) is 0 Å². The van der Waals surface area contributed by atoms with Gasteiger partial charge in [-0.2, -0.15) is 0 Å². The van der Waals surface area contributed by atoms with Crippen LogP contribution in [0.15, 0.2) is 11.3 Å². The zero-order valence-electron chi connectivity index (χ0n) is 13.6. The maximum absolute atomic E-state index is 12.3. The van der Waals surface area contributed by atoms with Gasteiger partial charge in [0, 0.05) is 6.42 Å². The molecule has 3 rings (SSSR count). The second-order valence-corrected chi connectivity index (χ2v) is 7.29. The third-order valence-corrected chi connectivity index (χ3v) is 6.37. The Kier molecular flexibility index (Phi) is 4.28. The van der Waals surface area contributed by atoms with Crippen molar-refractivity contribution in [3.8, 4) is 0 Å². The Morgan fingerprint density at radius 3 is 2.57 bits per heavy atom. The van der Waals surface area contributed by atoms with Crippen LogP contribution in [0.1, 0.15) is 52.4 Å². The van der Waals surface area contributed by atoms with Crippen molar-refractivity contribution in [3.05, 3.63) is 11.3 Å². The molecule has 0 N–H and O–H groups in total. The molecule has 0 aliphatic heterocycles. The molecule has 21 heavy (non-hydrogen) atoms. The lowest BCUT2D eigenvalue weighted by Gasteiger charge is -2.31. The lowest BCUT2D eigenvalue weighted by atomic mass is 9.76. The first kappa shape index (κ1) is 14.9. The first-order valence-corrected chi connectivity index (χ1v) is 8.55. The molecule has 3 nitrogen and oxygen atoms in total. The smallest absolute Gasteiger partial charge is 0.337 e. The first-order valence-electron chi connectivity index (χ1n) is 8.55. The number of ether oxygens (including phenoxy) is 2. The molecule has 0 spiro atoms. The molecule has 0 aromatic carbocycles. The van der Waals surface area contributed by atoms with E-state index in [9.17, 15) is 4.79 Å². The van der Waals surface area contributed by atoms with Crippen LogP contribution in [0.5, 0.6) is 0 Å². The quantitative estimate of drug-likeness (QED) is 0.736. The Morgan fingerprint density at radius 2 is 1.90 bits per heavy atom. The molecule has 118 valence electrons. The summed E-state index contributed by atoms with van der Waals surface area (Å²) in [6.45, 7) is 5.36. The van der Waals surface area contributed by atoms with Gasteiger partial charge >= 0.3 is 5.97 Å². The van der Waals surface area contributed by atoms with Crippen LogP contribution in [-0.4, -0.2) is 19.7 Å². The van der Waals surface area contributed by atoms with Crippen molar-refractivity contribution < 1.29 is 14.3 Å². The fourth-order valence-electron chi connectivity index (χ4n) is 4.87. The van der Waals surface area contributed by atoms with Crippen LogP contribution in [0.4, 0.5) is 0 Å². The SMILES string of the molecule is COC1=C(C(=O)OCC2CC3CC2C(C)C3C)CCCC1. The zero-order valence-corrected chi connectivity index (χ0v) is 13.6. The number of hydrogen-bond acceptors (Lipinski definition) is 3. The highest BCUT2D eigenvalue weighted by atomic mass is 16.5. The van der Waals surface area contributed by atoms with E-state index in [1.54, 1.807) is 7.11 Å². The number of hydrogen-bond donors (Lipinski definition) is 0. The second kappa shape index (κ2) is 6.02. The van der Waals surface area contributed by atoms with Crippen molar-refractivity contribution in [1.82, 2.24) is 0 Å². The summed E-state index contributed by atoms with van der Waals surface area (Å²) in [6, 6.07) is 0. The maximum Gasteiger partial charge on any atom is 0.337 e. The highest BCUT2D eigenvalue weighted by Crippen LogP contribution is 2.54. The molecule has 0 amide bonds. The minimum atomic E-state index is -0.130. The molecule has 3 aliphatic rings. The van der Waals surface area contributed by atoms with Gasteiger partial charge in [0.2, 0.25) is 0 Å². The Morgan fingerprint density at radius 1 is 1.14 bits per heavy atom. The molecule has 5 atom stereocenters. The topological polar surface area (TPSA) is 35.5 Å². The van der Waals surface area contributed by atoms with E-state index in [-0.39, 0.29) is 5.97 Å². The van der Waals surface area contributed by atoms with E-state index in [1.165, 1.54) is 12.8 Å². The molecule has 0 radical (unpaired) electrons. The van der Waals surface area contributed by atoms with Gasteiger partial charge in [0.15, 0.2) is 0 Å². The summed E-state index contributed by atoms with van der Waals surface area (Å²) >= 11 is 0. The van der Waals surface area contributed by atoms with Crippen LogP contribution in [0, 0.1) is 29.6 Å². The average Bonchev–Trinajstić information content (AvgIpc) is 3.05. The van der Waals surface area contributed by atoms with Crippen molar-refractivity contribution in [1.29, 1.82) is 0 Å². The fourth-order valence-corrected chi connectivity index (χ4v) is 4.87. The van der Waals surface area contributed by atoms with Crippen LogP contribution in [-0.2, 0) is 14.3 Å². The summed E-state index contributed by atoms with van der Waals surface area (Å²) in [5.74, 6) is 4.56. The van der Waals surface area contributed by atoms with Gasteiger partial charge in [-0.1, -0.05) is 13.8 Å². The highest BCUT2D eigenvalue weighted by molar-refractivity contribution is 5.89. The third-order valence-electron chi connectivity index (χ3n) is 6.37. The molecular weight excluding hydrogens is 264 g/mol. The molecule has 3 heteroatoms. The monoisotopic (exact) mass is 292 g/mol. The molecule has 2 fully saturated rings. The van der Waals surface area contributed by atoms with Gasteiger partial charge in [-0.15, -0.1) is 0 Å². The van der Waals surface area contributed by atoms with Gasteiger partial charge in [-0.05, 0) is 61.7 Å². The molecule has 0 saturated heterocycles. The van der Waals surface area contributed by atoms with E-state index in [0.717, 1.165) is 60.7 Å². The molecule has 2 saturated carbocycles. The van der Waals surface area contributed by atoms with E-state index in [0.29, 0.717) is 12.5 Å². The van der Waals surface area contributed by atoms with Crippen molar-refractivity contribution >= 4 is 5.97 Å². The minimum absolute atomic E-state index is 0.130. The van der Waals surface area contributed by atoms with Crippen molar-refractivity contribution in [3.63, 3.8) is 0 Å². The molecule has 0 heterocycles. The molecule has 3 aliphatic carbocycles. The number of carbonyl (C=O) groups excluding carboxylic acids is 1. The Hall–Kier alpha value is -0.990. The maximum atomic E-state index is 12.3. The van der Waals surface area contributed by atoms with Gasteiger partial charge in [-0.3, -0.25) is 0 Å². The summed E-state index contributed by atoms with van der Waals surface area (Å²) in [7, 11) is 1.66. The molecule has 2 bridgehead atoms. The summed E-state index contributed by atoms with van der Waals surface area (Å²) < 4.78 is 11.0. The minimum Gasteiger partial charge on any atom is -0.501 e. The van der Waals surface area contributed by atoms with Crippen LogP contribution >= 0.6 is 0 Å². The largest absolute Gasteiger partial charge is 0.501 e. The fraction of sp³-hybridized carbons (Fsp3) is 0.833. The van der Waals surface area contributed by atoms with E-state index < -0.39 is 0 Å².